The summed E-state index contributed by atoms with van der Waals surface area (Å²) in [6, 6.07) is 18.2. The van der Waals surface area contributed by atoms with Crippen LogP contribution < -0.4 is 5.32 Å². The summed E-state index contributed by atoms with van der Waals surface area (Å²) in [5.41, 5.74) is 8.53. The maximum atomic E-state index is 13.9. The molecule has 0 saturated heterocycles. The van der Waals surface area contributed by atoms with Gasteiger partial charge in [0.1, 0.15) is 11.3 Å². The van der Waals surface area contributed by atoms with E-state index >= 15 is 0 Å². The lowest BCUT2D eigenvalue weighted by Gasteiger charge is -2.23. The third-order valence-corrected chi connectivity index (χ3v) is 6.51. The molecule has 0 aliphatic carbocycles. The number of hydrogen-bond acceptors (Lipinski definition) is 5. The first kappa shape index (κ1) is 23.5. The molecule has 2 aromatic carbocycles. The van der Waals surface area contributed by atoms with Gasteiger partial charge in [0.15, 0.2) is 11.5 Å². The highest BCUT2D eigenvalue weighted by Gasteiger charge is 2.18. The third-order valence-electron chi connectivity index (χ3n) is 6.51. The molecule has 4 aromatic heterocycles. The van der Waals surface area contributed by atoms with Crippen molar-refractivity contribution < 1.29 is 4.39 Å². The molecule has 38 heavy (non-hydrogen) atoms. The molecule has 0 fully saturated rings. The van der Waals surface area contributed by atoms with Gasteiger partial charge in [-0.25, -0.2) is 14.4 Å². The van der Waals surface area contributed by atoms with E-state index in [9.17, 15) is 4.39 Å². The number of rotatable bonds is 5. The van der Waals surface area contributed by atoms with Gasteiger partial charge < -0.3 is 10.3 Å². The molecule has 0 radical (unpaired) electrons. The lowest BCUT2D eigenvalue weighted by Crippen LogP contribution is -2.15. The quantitative estimate of drug-likeness (QED) is 0.229. The molecule has 7 nitrogen and oxygen atoms in total. The van der Waals surface area contributed by atoms with Crippen LogP contribution in [0.2, 0.25) is 0 Å². The summed E-state index contributed by atoms with van der Waals surface area (Å²) in [4.78, 5) is 17.5. The van der Waals surface area contributed by atoms with Crippen molar-refractivity contribution in [1.82, 2.24) is 30.1 Å². The van der Waals surface area contributed by atoms with Crippen molar-refractivity contribution in [3.05, 3.63) is 91.2 Å². The van der Waals surface area contributed by atoms with Crippen molar-refractivity contribution in [3.8, 4) is 33.9 Å². The van der Waals surface area contributed by atoms with E-state index in [0.717, 1.165) is 50.3 Å². The van der Waals surface area contributed by atoms with Crippen LogP contribution in [-0.2, 0) is 0 Å². The summed E-state index contributed by atoms with van der Waals surface area (Å²) < 4.78 is 13.9. The number of nitrogens with zero attached hydrogens (tertiary/aromatic N) is 4. The van der Waals surface area contributed by atoms with Gasteiger partial charge in [-0.15, -0.1) is 0 Å². The molecule has 3 N–H and O–H groups in total. The number of fused-ring (bicyclic) bond motifs is 2. The molecule has 6 aromatic rings. The number of benzene rings is 2. The van der Waals surface area contributed by atoms with E-state index in [1.807, 2.05) is 42.5 Å². The standard InChI is InChI=1S/C30H26FN7/c1-17(30(2,3)4)33-21-14-19(15-32-16-21)23-11-12-25-27(34-23)28(38-37-25)29-35-24-10-6-9-22(26(24)36-29)18-7-5-8-20(31)13-18/h5-16,33H,1H2,2-4H3,(H,35,36)(H,37,38). The van der Waals surface area contributed by atoms with E-state index in [-0.39, 0.29) is 11.2 Å². The summed E-state index contributed by atoms with van der Waals surface area (Å²) in [6.07, 6.45) is 3.55. The molecule has 0 saturated carbocycles. The number of aromatic nitrogens is 6. The zero-order valence-corrected chi connectivity index (χ0v) is 21.3. The summed E-state index contributed by atoms with van der Waals surface area (Å²) in [5.74, 6) is 0.288. The topological polar surface area (TPSA) is 95.2 Å². The molecule has 0 aliphatic rings. The van der Waals surface area contributed by atoms with Gasteiger partial charge in [-0.05, 0) is 42.0 Å². The number of H-pyrrole nitrogens is 2. The van der Waals surface area contributed by atoms with Crippen LogP contribution >= 0.6 is 0 Å². The first-order valence-corrected chi connectivity index (χ1v) is 12.3. The number of nitrogens with one attached hydrogen (secondary N) is 3. The van der Waals surface area contributed by atoms with Crippen LogP contribution in [-0.4, -0.2) is 30.1 Å². The molecule has 8 heteroatoms. The minimum atomic E-state index is -0.290. The normalized spacial score (nSPS) is 11.8. The van der Waals surface area contributed by atoms with Crippen molar-refractivity contribution in [1.29, 1.82) is 0 Å². The molecule has 0 atom stereocenters. The van der Waals surface area contributed by atoms with Crippen LogP contribution in [0.5, 0.6) is 0 Å². The Labute approximate surface area is 218 Å². The summed E-state index contributed by atoms with van der Waals surface area (Å²) in [6.45, 7) is 10.5. The maximum absolute atomic E-state index is 13.9. The monoisotopic (exact) mass is 503 g/mol. The van der Waals surface area contributed by atoms with E-state index in [2.05, 4.69) is 52.8 Å². The number of para-hydroxylation sites is 1. The molecular formula is C30H26FN7. The van der Waals surface area contributed by atoms with Gasteiger partial charge >= 0.3 is 0 Å². The Kier molecular flexibility index (Phi) is 5.52. The van der Waals surface area contributed by atoms with Crippen LogP contribution in [0.3, 0.4) is 0 Å². The number of aromatic amines is 2. The second-order valence-corrected chi connectivity index (χ2v) is 10.3. The van der Waals surface area contributed by atoms with Gasteiger partial charge in [0.25, 0.3) is 0 Å². The second kappa shape index (κ2) is 8.92. The Morgan fingerprint density at radius 2 is 1.74 bits per heavy atom. The number of hydrogen-bond donors (Lipinski definition) is 3. The lowest BCUT2D eigenvalue weighted by atomic mass is 9.93. The van der Waals surface area contributed by atoms with Gasteiger partial charge in [0, 0.05) is 28.4 Å². The Morgan fingerprint density at radius 3 is 2.55 bits per heavy atom. The van der Waals surface area contributed by atoms with Crippen LogP contribution in [0.15, 0.2) is 85.3 Å². The van der Waals surface area contributed by atoms with Crippen molar-refractivity contribution in [3.63, 3.8) is 0 Å². The van der Waals surface area contributed by atoms with E-state index in [0.29, 0.717) is 17.0 Å². The first-order chi connectivity index (χ1) is 18.3. The van der Waals surface area contributed by atoms with Gasteiger partial charge in [-0.2, -0.15) is 5.10 Å². The van der Waals surface area contributed by atoms with Crippen molar-refractivity contribution in [2.24, 2.45) is 5.41 Å². The summed E-state index contributed by atoms with van der Waals surface area (Å²) >= 11 is 0. The number of imidazole rings is 1. The zero-order chi connectivity index (χ0) is 26.4. The highest BCUT2D eigenvalue weighted by Crippen LogP contribution is 2.32. The van der Waals surface area contributed by atoms with Crippen LogP contribution in [0.1, 0.15) is 20.8 Å². The van der Waals surface area contributed by atoms with E-state index in [1.54, 1.807) is 18.5 Å². The zero-order valence-electron chi connectivity index (χ0n) is 21.3. The number of pyridine rings is 2. The molecule has 0 spiro atoms. The fourth-order valence-electron chi connectivity index (χ4n) is 4.27. The minimum Gasteiger partial charge on any atom is -0.358 e. The smallest absolute Gasteiger partial charge is 0.161 e. The highest BCUT2D eigenvalue weighted by atomic mass is 19.1. The Balaban J connectivity index is 1.40. The average Bonchev–Trinajstić information content (AvgIpc) is 3.52. The SMILES string of the molecule is C=C(Nc1cncc(-c2ccc3[nH]nc(-c4nc5c(-c6cccc(F)c6)cccc5[nH]4)c3n2)c1)C(C)(C)C. The summed E-state index contributed by atoms with van der Waals surface area (Å²) in [5, 5.41) is 10.9. The molecule has 4 heterocycles. The van der Waals surface area contributed by atoms with E-state index in [1.165, 1.54) is 12.1 Å². The number of allylic oxidation sites excluding steroid dienone is 1. The van der Waals surface area contributed by atoms with Crippen molar-refractivity contribution >= 4 is 27.8 Å². The largest absolute Gasteiger partial charge is 0.358 e. The molecular weight excluding hydrogens is 477 g/mol. The predicted octanol–water partition coefficient (Wildman–Crippen LogP) is 7.34. The molecule has 188 valence electrons. The Morgan fingerprint density at radius 1 is 0.895 bits per heavy atom. The fourth-order valence-corrected chi connectivity index (χ4v) is 4.27. The molecule has 0 aliphatic heterocycles. The van der Waals surface area contributed by atoms with Crippen molar-refractivity contribution in [2.45, 2.75) is 20.8 Å². The molecule has 6 rings (SSSR count). The van der Waals surface area contributed by atoms with Crippen molar-refractivity contribution in [2.75, 3.05) is 5.32 Å². The third kappa shape index (κ3) is 4.30. The first-order valence-electron chi connectivity index (χ1n) is 12.3. The van der Waals surface area contributed by atoms with Crippen LogP contribution in [0.25, 0.3) is 56.0 Å². The number of halogens is 1. The van der Waals surface area contributed by atoms with E-state index < -0.39 is 0 Å². The van der Waals surface area contributed by atoms with Crippen LogP contribution in [0.4, 0.5) is 10.1 Å². The maximum Gasteiger partial charge on any atom is 0.161 e. The van der Waals surface area contributed by atoms with Gasteiger partial charge in [0.2, 0.25) is 0 Å². The minimum absolute atomic E-state index is 0.0834. The predicted molar refractivity (Wildman–Crippen MR) is 150 cm³/mol. The molecule has 0 amide bonds. The highest BCUT2D eigenvalue weighted by molar-refractivity contribution is 5.96. The fraction of sp³-hybridized carbons (Fsp3) is 0.133. The van der Waals surface area contributed by atoms with Gasteiger partial charge in [-0.3, -0.25) is 10.1 Å². The average molecular weight is 504 g/mol. The van der Waals surface area contributed by atoms with Crippen LogP contribution in [0, 0.1) is 11.2 Å². The molecule has 0 bridgehead atoms. The Hall–Kier alpha value is -4.85. The lowest BCUT2D eigenvalue weighted by molar-refractivity contribution is 0.509. The second-order valence-electron chi connectivity index (χ2n) is 10.3. The van der Waals surface area contributed by atoms with E-state index in [4.69, 9.17) is 9.97 Å². The summed E-state index contributed by atoms with van der Waals surface area (Å²) in [7, 11) is 0. The van der Waals surface area contributed by atoms with Gasteiger partial charge in [-0.1, -0.05) is 51.6 Å². The number of anilines is 1. The molecule has 0 unspecified atom stereocenters. The Bertz CT molecular complexity index is 1820. The van der Waals surface area contributed by atoms with Gasteiger partial charge in [0.05, 0.1) is 34.1 Å².